The molecular formula is C12H15FN2. The van der Waals surface area contributed by atoms with Crippen LogP contribution in [0.3, 0.4) is 0 Å². The Bertz CT molecular complexity index is 474. The molecular weight excluding hydrogens is 191 g/mol. The van der Waals surface area contributed by atoms with Crippen LogP contribution < -0.4 is 5.32 Å². The van der Waals surface area contributed by atoms with Gasteiger partial charge in [-0.05, 0) is 43.8 Å². The first-order valence-electron chi connectivity index (χ1n) is 5.10. The fourth-order valence-corrected chi connectivity index (χ4v) is 1.78. The van der Waals surface area contributed by atoms with Crippen molar-refractivity contribution in [2.24, 2.45) is 7.05 Å². The summed E-state index contributed by atoms with van der Waals surface area (Å²) in [5.41, 5.74) is 1.86. The fraction of sp³-hybridized carbons (Fsp3) is 0.333. The predicted octanol–water partition coefficient (Wildman–Crippen LogP) is 2.08. The monoisotopic (exact) mass is 206 g/mol. The SMILES string of the molecule is CNCCc1cc2c(ccn2C)cc1F. The molecule has 0 atom stereocenters. The molecule has 2 aromatic rings. The average molecular weight is 206 g/mol. The summed E-state index contributed by atoms with van der Waals surface area (Å²) >= 11 is 0. The number of halogens is 1. The largest absolute Gasteiger partial charge is 0.351 e. The predicted molar refractivity (Wildman–Crippen MR) is 60.5 cm³/mol. The molecule has 0 bridgehead atoms. The zero-order valence-electron chi connectivity index (χ0n) is 9.05. The van der Waals surface area contributed by atoms with E-state index in [-0.39, 0.29) is 5.82 Å². The summed E-state index contributed by atoms with van der Waals surface area (Å²) in [7, 11) is 3.85. The highest BCUT2D eigenvalue weighted by Gasteiger charge is 2.06. The number of benzene rings is 1. The first-order valence-corrected chi connectivity index (χ1v) is 5.10. The van der Waals surface area contributed by atoms with Gasteiger partial charge in [0.2, 0.25) is 0 Å². The standard InChI is InChI=1S/C12H15FN2/c1-14-5-3-9-8-12-10(7-11(9)13)4-6-15(12)2/h4,6-8,14H,3,5H2,1-2H3. The van der Waals surface area contributed by atoms with Gasteiger partial charge < -0.3 is 9.88 Å². The van der Waals surface area contributed by atoms with E-state index in [4.69, 9.17) is 0 Å². The molecule has 1 aromatic heterocycles. The lowest BCUT2D eigenvalue weighted by atomic mass is 10.1. The van der Waals surface area contributed by atoms with Crippen molar-refractivity contribution >= 4 is 10.9 Å². The van der Waals surface area contributed by atoms with Crippen molar-refractivity contribution in [1.82, 2.24) is 9.88 Å². The lowest BCUT2D eigenvalue weighted by Crippen LogP contribution is -2.11. The van der Waals surface area contributed by atoms with Crippen molar-refractivity contribution in [3.63, 3.8) is 0 Å². The maximum absolute atomic E-state index is 13.6. The molecule has 0 amide bonds. The topological polar surface area (TPSA) is 17.0 Å². The zero-order valence-corrected chi connectivity index (χ0v) is 9.05. The van der Waals surface area contributed by atoms with Crippen LogP contribution in [0.2, 0.25) is 0 Å². The molecule has 0 aliphatic carbocycles. The van der Waals surface area contributed by atoms with Gasteiger partial charge in [-0.25, -0.2) is 4.39 Å². The third kappa shape index (κ3) is 1.88. The zero-order chi connectivity index (χ0) is 10.8. The quantitative estimate of drug-likeness (QED) is 0.813. The van der Waals surface area contributed by atoms with Crippen LogP contribution in [0.25, 0.3) is 10.9 Å². The number of likely N-dealkylation sites (N-methyl/N-ethyl adjacent to an activating group) is 1. The molecule has 0 spiro atoms. The van der Waals surface area contributed by atoms with E-state index >= 15 is 0 Å². The first kappa shape index (κ1) is 10.2. The van der Waals surface area contributed by atoms with Crippen LogP contribution in [-0.4, -0.2) is 18.2 Å². The number of aryl methyl sites for hydroxylation is 1. The van der Waals surface area contributed by atoms with E-state index in [1.54, 1.807) is 6.07 Å². The lowest BCUT2D eigenvalue weighted by molar-refractivity contribution is 0.607. The van der Waals surface area contributed by atoms with Gasteiger partial charge in [-0.15, -0.1) is 0 Å². The molecule has 1 heterocycles. The summed E-state index contributed by atoms with van der Waals surface area (Å²) in [6.45, 7) is 0.798. The molecule has 2 nitrogen and oxygen atoms in total. The van der Waals surface area contributed by atoms with Crippen LogP contribution >= 0.6 is 0 Å². The average Bonchev–Trinajstić information content (AvgIpc) is 2.57. The van der Waals surface area contributed by atoms with Crippen LogP contribution in [-0.2, 0) is 13.5 Å². The van der Waals surface area contributed by atoms with E-state index < -0.39 is 0 Å². The normalized spacial score (nSPS) is 11.1. The second-order valence-corrected chi connectivity index (χ2v) is 3.78. The molecule has 0 unspecified atom stereocenters. The third-order valence-electron chi connectivity index (χ3n) is 2.70. The first-order chi connectivity index (χ1) is 7.22. The number of rotatable bonds is 3. The summed E-state index contributed by atoms with van der Waals surface area (Å²) < 4.78 is 15.6. The van der Waals surface area contributed by atoms with Crippen LogP contribution in [0.1, 0.15) is 5.56 Å². The Morgan fingerprint density at radius 2 is 2.20 bits per heavy atom. The maximum Gasteiger partial charge on any atom is 0.127 e. The minimum absolute atomic E-state index is 0.107. The van der Waals surface area contributed by atoms with E-state index in [1.807, 2.05) is 37.0 Å². The molecule has 1 aromatic carbocycles. The minimum atomic E-state index is -0.107. The van der Waals surface area contributed by atoms with E-state index in [9.17, 15) is 4.39 Å². The van der Waals surface area contributed by atoms with E-state index in [0.29, 0.717) is 0 Å². The second kappa shape index (κ2) is 4.03. The Labute approximate surface area is 88.7 Å². The molecule has 0 saturated carbocycles. The van der Waals surface area contributed by atoms with Crippen molar-refractivity contribution in [3.8, 4) is 0 Å². The molecule has 3 heteroatoms. The number of hydrogen-bond acceptors (Lipinski definition) is 1. The second-order valence-electron chi connectivity index (χ2n) is 3.78. The van der Waals surface area contributed by atoms with Gasteiger partial charge in [0, 0.05) is 24.1 Å². The Morgan fingerprint density at radius 3 is 2.93 bits per heavy atom. The highest BCUT2D eigenvalue weighted by molar-refractivity contribution is 5.80. The minimum Gasteiger partial charge on any atom is -0.351 e. The Morgan fingerprint density at radius 1 is 1.40 bits per heavy atom. The summed E-state index contributed by atoms with van der Waals surface area (Å²) in [5, 5.41) is 3.99. The molecule has 15 heavy (non-hydrogen) atoms. The molecule has 1 N–H and O–H groups in total. The molecule has 0 aliphatic heterocycles. The summed E-state index contributed by atoms with van der Waals surface area (Å²) in [4.78, 5) is 0. The van der Waals surface area contributed by atoms with Gasteiger partial charge in [-0.3, -0.25) is 0 Å². The molecule has 0 radical (unpaired) electrons. The third-order valence-corrected chi connectivity index (χ3v) is 2.70. The Kier molecular flexibility index (Phi) is 2.73. The highest BCUT2D eigenvalue weighted by Crippen LogP contribution is 2.20. The van der Waals surface area contributed by atoms with E-state index in [1.165, 1.54) is 0 Å². The smallest absolute Gasteiger partial charge is 0.127 e. The van der Waals surface area contributed by atoms with E-state index in [0.717, 1.165) is 29.4 Å². The number of nitrogens with zero attached hydrogens (tertiary/aromatic N) is 1. The van der Waals surface area contributed by atoms with Crippen molar-refractivity contribution in [2.45, 2.75) is 6.42 Å². The fourth-order valence-electron chi connectivity index (χ4n) is 1.78. The number of aromatic nitrogens is 1. The van der Waals surface area contributed by atoms with Crippen molar-refractivity contribution in [3.05, 3.63) is 35.8 Å². The highest BCUT2D eigenvalue weighted by atomic mass is 19.1. The molecule has 0 saturated heterocycles. The molecule has 0 fully saturated rings. The van der Waals surface area contributed by atoms with Gasteiger partial charge in [-0.1, -0.05) is 0 Å². The van der Waals surface area contributed by atoms with E-state index in [2.05, 4.69) is 5.32 Å². The number of hydrogen-bond donors (Lipinski definition) is 1. The Balaban J connectivity index is 2.45. The summed E-state index contributed by atoms with van der Waals surface area (Å²) in [6, 6.07) is 5.47. The summed E-state index contributed by atoms with van der Waals surface area (Å²) in [6.07, 6.45) is 2.68. The number of nitrogens with one attached hydrogen (secondary N) is 1. The van der Waals surface area contributed by atoms with Crippen LogP contribution in [0.5, 0.6) is 0 Å². The van der Waals surface area contributed by atoms with Gasteiger partial charge in [0.25, 0.3) is 0 Å². The molecule has 2 rings (SSSR count). The van der Waals surface area contributed by atoms with Gasteiger partial charge in [0.05, 0.1) is 0 Å². The van der Waals surface area contributed by atoms with Crippen LogP contribution in [0, 0.1) is 5.82 Å². The van der Waals surface area contributed by atoms with Gasteiger partial charge >= 0.3 is 0 Å². The maximum atomic E-state index is 13.6. The van der Waals surface area contributed by atoms with Crippen molar-refractivity contribution < 1.29 is 4.39 Å². The summed E-state index contributed by atoms with van der Waals surface area (Å²) in [5.74, 6) is -0.107. The number of fused-ring (bicyclic) bond motifs is 1. The molecule has 0 aliphatic rings. The van der Waals surface area contributed by atoms with Crippen molar-refractivity contribution in [2.75, 3.05) is 13.6 Å². The van der Waals surface area contributed by atoms with Crippen LogP contribution in [0.4, 0.5) is 4.39 Å². The lowest BCUT2D eigenvalue weighted by Gasteiger charge is -2.04. The van der Waals surface area contributed by atoms with Gasteiger partial charge in [0.1, 0.15) is 5.82 Å². The van der Waals surface area contributed by atoms with Crippen LogP contribution in [0.15, 0.2) is 24.4 Å². The Hall–Kier alpha value is -1.35. The molecule has 80 valence electrons. The van der Waals surface area contributed by atoms with Gasteiger partial charge in [0.15, 0.2) is 0 Å². The van der Waals surface area contributed by atoms with Crippen molar-refractivity contribution in [1.29, 1.82) is 0 Å². The van der Waals surface area contributed by atoms with Gasteiger partial charge in [-0.2, -0.15) is 0 Å².